The second kappa shape index (κ2) is 5.75. The molecule has 104 valence electrons. The molecule has 0 radical (unpaired) electrons. The van der Waals surface area contributed by atoms with Gasteiger partial charge in [0.1, 0.15) is 11.6 Å². The summed E-state index contributed by atoms with van der Waals surface area (Å²) in [5, 5.41) is 14.2. The third-order valence-electron chi connectivity index (χ3n) is 2.59. The first-order chi connectivity index (χ1) is 9.51. The van der Waals surface area contributed by atoms with Crippen molar-refractivity contribution in [1.82, 2.24) is 4.98 Å². The number of hydrogen-bond donors (Lipinski definition) is 1. The van der Waals surface area contributed by atoms with E-state index < -0.39 is 4.92 Å². The molecular weight excluding hydrogens is 282 g/mol. The molecule has 0 fully saturated rings. The van der Waals surface area contributed by atoms with Crippen molar-refractivity contribution >= 4 is 23.1 Å². The van der Waals surface area contributed by atoms with E-state index in [2.05, 4.69) is 10.3 Å². The maximum absolute atomic E-state index is 11.0. The van der Waals surface area contributed by atoms with Crippen molar-refractivity contribution in [2.75, 3.05) is 12.4 Å². The highest BCUT2D eigenvalue weighted by Crippen LogP contribution is 2.34. The Bertz CT molecular complexity index is 661. The molecule has 1 aromatic carbocycles. The summed E-state index contributed by atoms with van der Waals surface area (Å²) in [5.74, 6) is 0.694. The van der Waals surface area contributed by atoms with Crippen molar-refractivity contribution in [2.24, 2.45) is 0 Å². The lowest BCUT2D eigenvalue weighted by molar-refractivity contribution is -0.386. The summed E-state index contributed by atoms with van der Waals surface area (Å²) >= 11 is 6.01. The summed E-state index contributed by atoms with van der Waals surface area (Å²) in [6, 6.07) is 8.02. The summed E-state index contributed by atoms with van der Waals surface area (Å²) in [5.41, 5.74) is 0.707. The molecule has 0 saturated carbocycles. The molecule has 0 aliphatic rings. The van der Waals surface area contributed by atoms with E-state index in [4.69, 9.17) is 16.3 Å². The highest BCUT2D eigenvalue weighted by atomic mass is 35.5. The zero-order chi connectivity index (χ0) is 14.7. The van der Waals surface area contributed by atoms with Gasteiger partial charge < -0.3 is 10.1 Å². The number of anilines is 1. The standard InChI is InChI=1S/C13H12ClN3O3/c1-8-3-4-9(14)11(7-8)20-13-10(17(18)19)5-6-12(15-2)16-13/h3-7H,1-2H3,(H,15,16). The molecule has 0 aliphatic carbocycles. The minimum atomic E-state index is -0.550. The summed E-state index contributed by atoms with van der Waals surface area (Å²) in [6.45, 7) is 1.87. The van der Waals surface area contributed by atoms with Crippen LogP contribution in [0.15, 0.2) is 30.3 Å². The molecule has 7 heteroatoms. The summed E-state index contributed by atoms with van der Waals surface area (Å²) in [7, 11) is 1.66. The minimum Gasteiger partial charge on any atom is -0.432 e. The first-order valence-electron chi connectivity index (χ1n) is 5.78. The molecule has 2 rings (SSSR count). The van der Waals surface area contributed by atoms with E-state index in [-0.39, 0.29) is 11.6 Å². The van der Waals surface area contributed by atoms with Crippen LogP contribution in [0, 0.1) is 17.0 Å². The predicted octanol–water partition coefficient (Wildman–Crippen LogP) is 3.79. The monoisotopic (exact) mass is 293 g/mol. The first kappa shape index (κ1) is 14.1. The molecule has 0 unspecified atom stereocenters. The molecule has 0 aliphatic heterocycles. The second-order valence-electron chi connectivity index (χ2n) is 4.06. The van der Waals surface area contributed by atoms with E-state index in [0.29, 0.717) is 16.6 Å². The first-order valence-corrected chi connectivity index (χ1v) is 6.16. The highest BCUT2D eigenvalue weighted by molar-refractivity contribution is 6.32. The average molecular weight is 294 g/mol. The van der Waals surface area contributed by atoms with Gasteiger partial charge in [-0.1, -0.05) is 17.7 Å². The minimum absolute atomic E-state index is 0.102. The van der Waals surface area contributed by atoms with Crippen LogP contribution in [0.1, 0.15) is 5.56 Å². The summed E-state index contributed by atoms with van der Waals surface area (Å²) < 4.78 is 5.50. The number of hydrogen-bond acceptors (Lipinski definition) is 5. The second-order valence-corrected chi connectivity index (χ2v) is 4.47. The van der Waals surface area contributed by atoms with E-state index in [1.54, 1.807) is 19.2 Å². The van der Waals surface area contributed by atoms with Gasteiger partial charge in [0, 0.05) is 13.1 Å². The number of rotatable bonds is 4. The number of aryl methyl sites for hydroxylation is 1. The lowest BCUT2D eigenvalue weighted by atomic mass is 10.2. The predicted molar refractivity (Wildman–Crippen MR) is 76.7 cm³/mol. The molecule has 6 nitrogen and oxygen atoms in total. The van der Waals surface area contributed by atoms with E-state index in [1.165, 1.54) is 12.1 Å². The van der Waals surface area contributed by atoms with Crippen LogP contribution in [0.5, 0.6) is 11.6 Å². The van der Waals surface area contributed by atoms with Crippen molar-refractivity contribution in [3.63, 3.8) is 0 Å². The Hall–Kier alpha value is -2.34. The molecule has 20 heavy (non-hydrogen) atoms. The van der Waals surface area contributed by atoms with Crippen LogP contribution in [-0.4, -0.2) is 17.0 Å². The van der Waals surface area contributed by atoms with Crippen LogP contribution in [0.25, 0.3) is 0 Å². The lowest BCUT2D eigenvalue weighted by Gasteiger charge is -2.09. The molecule has 1 heterocycles. The molecule has 0 bridgehead atoms. The van der Waals surface area contributed by atoms with Crippen molar-refractivity contribution in [3.05, 3.63) is 51.0 Å². The normalized spacial score (nSPS) is 10.2. The molecule has 1 aromatic heterocycles. The number of benzene rings is 1. The lowest BCUT2D eigenvalue weighted by Crippen LogP contribution is -1.99. The number of pyridine rings is 1. The van der Waals surface area contributed by atoms with Gasteiger partial charge in [0.2, 0.25) is 0 Å². The van der Waals surface area contributed by atoms with Gasteiger partial charge in [-0.2, -0.15) is 4.98 Å². The van der Waals surface area contributed by atoms with Crippen LogP contribution in [-0.2, 0) is 0 Å². The Labute approximate surface area is 120 Å². The van der Waals surface area contributed by atoms with Gasteiger partial charge in [0.25, 0.3) is 0 Å². The van der Waals surface area contributed by atoms with Crippen LogP contribution in [0.3, 0.4) is 0 Å². The largest absolute Gasteiger partial charge is 0.432 e. The quantitative estimate of drug-likeness (QED) is 0.685. The van der Waals surface area contributed by atoms with Gasteiger partial charge >= 0.3 is 11.6 Å². The Morgan fingerprint density at radius 2 is 2.10 bits per heavy atom. The van der Waals surface area contributed by atoms with Crippen molar-refractivity contribution in [3.8, 4) is 11.6 Å². The van der Waals surface area contributed by atoms with Gasteiger partial charge in [-0.25, -0.2) is 0 Å². The van der Waals surface area contributed by atoms with Crippen LogP contribution in [0.2, 0.25) is 5.02 Å². The molecule has 0 atom stereocenters. The SMILES string of the molecule is CNc1ccc([N+](=O)[O-])c(Oc2cc(C)ccc2Cl)n1. The fraction of sp³-hybridized carbons (Fsp3) is 0.154. The van der Waals surface area contributed by atoms with Gasteiger partial charge in [-0.3, -0.25) is 10.1 Å². The molecule has 0 amide bonds. The van der Waals surface area contributed by atoms with Crippen LogP contribution in [0.4, 0.5) is 11.5 Å². The van der Waals surface area contributed by atoms with Gasteiger partial charge in [0.15, 0.2) is 0 Å². The van der Waals surface area contributed by atoms with E-state index >= 15 is 0 Å². The van der Waals surface area contributed by atoms with Gasteiger partial charge in [-0.15, -0.1) is 0 Å². The number of nitro groups is 1. The molecule has 0 saturated heterocycles. The van der Waals surface area contributed by atoms with Crippen molar-refractivity contribution < 1.29 is 9.66 Å². The Kier molecular flexibility index (Phi) is 4.05. The van der Waals surface area contributed by atoms with E-state index in [1.807, 2.05) is 13.0 Å². The van der Waals surface area contributed by atoms with Gasteiger partial charge in [-0.05, 0) is 30.7 Å². The number of ether oxygens (including phenoxy) is 1. The molecule has 2 aromatic rings. The van der Waals surface area contributed by atoms with E-state index in [9.17, 15) is 10.1 Å². The van der Waals surface area contributed by atoms with Crippen LogP contribution >= 0.6 is 11.6 Å². The fourth-order valence-electron chi connectivity index (χ4n) is 1.58. The van der Waals surface area contributed by atoms with Crippen molar-refractivity contribution in [2.45, 2.75) is 6.92 Å². The number of nitrogens with zero attached hydrogens (tertiary/aromatic N) is 2. The van der Waals surface area contributed by atoms with E-state index in [0.717, 1.165) is 5.56 Å². The average Bonchev–Trinajstić information content (AvgIpc) is 2.42. The van der Waals surface area contributed by atoms with Crippen molar-refractivity contribution in [1.29, 1.82) is 0 Å². The molecular formula is C13H12ClN3O3. The fourth-order valence-corrected chi connectivity index (χ4v) is 1.74. The summed E-state index contributed by atoms with van der Waals surface area (Å²) in [4.78, 5) is 14.5. The number of aromatic nitrogens is 1. The van der Waals surface area contributed by atoms with Crippen LogP contribution < -0.4 is 10.1 Å². The Morgan fingerprint density at radius 3 is 2.75 bits per heavy atom. The number of nitrogens with one attached hydrogen (secondary N) is 1. The maximum Gasteiger partial charge on any atom is 0.331 e. The Morgan fingerprint density at radius 1 is 1.35 bits per heavy atom. The zero-order valence-corrected chi connectivity index (χ0v) is 11.6. The zero-order valence-electron chi connectivity index (χ0n) is 10.9. The number of halogens is 1. The maximum atomic E-state index is 11.0. The molecule has 0 spiro atoms. The third-order valence-corrected chi connectivity index (χ3v) is 2.90. The third kappa shape index (κ3) is 2.97. The Balaban J connectivity index is 2.45. The highest BCUT2D eigenvalue weighted by Gasteiger charge is 2.19. The van der Waals surface area contributed by atoms with Gasteiger partial charge in [0.05, 0.1) is 9.95 Å². The smallest absolute Gasteiger partial charge is 0.331 e. The topological polar surface area (TPSA) is 77.3 Å². The summed E-state index contributed by atoms with van der Waals surface area (Å²) in [6.07, 6.45) is 0. The molecule has 1 N–H and O–H groups in total.